The predicted molar refractivity (Wildman–Crippen MR) is 118 cm³/mol. The lowest BCUT2D eigenvalue weighted by atomic mass is 9.92. The molecule has 0 heterocycles. The van der Waals surface area contributed by atoms with Gasteiger partial charge in [0.15, 0.2) is 0 Å². The maximum Gasteiger partial charge on any atom is 0.0293 e. The Morgan fingerprint density at radius 3 is 2.73 bits per heavy atom. The Balaban J connectivity index is 0.00000118. The molecule has 1 atom stereocenters. The normalized spacial score (nSPS) is 18.3. The van der Waals surface area contributed by atoms with Crippen molar-refractivity contribution in [3.63, 3.8) is 0 Å². The van der Waals surface area contributed by atoms with E-state index in [1.54, 1.807) is 0 Å². The van der Waals surface area contributed by atoms with E-state index >= 15 is 0 Å². The standard InChI is InChI=1S/C23H27N.C2H6.H2/c1-3-17-24-18(4-2)11-10-16-23-20-13-7-5-6-12-19(20)21-14-8-9-15-22(21)23;1-2;/h4,6-15,23-24H,3,5,16-17H2,1-2H3;1-2H3;1H/b11-10-,18-4-;;. The van der Waals surface area contributed by atoms with Gasteiger partial charge in [0.2, 0.25) is 0 Å². The van der Waals surface area contributed by atoms with E-state index in [4.69, 9.17) is 0 Å². The SMILES string of the molecule is C/C=C(/C=C\CC1C2=C(C=CCC=C2)c2ccccc21)NCCC.CC.[HH]. The summed E-state index contributed by atoms with van der Waals surface area (Å²) in [7, 11) is 0. The molecular weight excluding hydrogens is 314 g/mol. The third kappa shape index (κ3) is 4.66. The van der Waals surface area contributed by atoms with Crippen LogP contribution in [0.15, 0.2) is 78.1 Å². The lowest BCUT2D eigenvalue weighted by Gasteiger charge is -2.13. The number of allylic oxidation sites excluding steroid dienone is 9. The van der Waals surface area contributed by atoms with Crippen LogP contribution in [0.2, 0.25) is 0 Å². The van der Waals surface area contributed by atoms with Gasteiger partial charge in [-0.1, -0.05) is 81.5 Å². The topological polar surface area (TPSA) is 12.0 Å². The largest absolute Gasteiger partial charge is 0.385 e. The second kappa shape index (κ2) is 10.7. The fourth-order valence-corrected chi connectivity index (χ4v) is 3.52. The third-order valence-corrected chi connectivity index (χ3v) is 4.73. The minimum Gasteiger partial charge on any atom is -0.385 e. The third-order valence-electron chi connectivity index (χ3n) is 4.73. The zero-order valence-electron chi connectivity index (χ0n) is 16.8. The average Bonchev–Trinajstić information content (AvgIpc) is 2.84. The molecule has 26 heavy (non-hydrogen) atoms. The van der Waals surface area contributed by atoms with Crippen molar-refractivity contribution in [2.45, 2.75) is 52.9 Å². The molecule has 2 aliphatic carbocycles. The van der Waals surface area contributed by atoms with Crippen molar-refractivity contribution >= 4 is 5.57 Å². The summed E-state index contributed by atoms with van der Waals surface area (Å²) in [4.78, 5) is 0. The monoisotopic (exact) mass is 349 g/mol. The quantitative estimate of drug-likeness (QED) is 0.536. The average molecular weight is 350 g/mol. The highest BCUT2D eigenvalue weighted by Gasteiger charge is 2.27. The smallest absolute Gasteiger partial charge is 0.0293 e. The van der Waals surface area contributed by atoms with Crippen LogP contribution in [0.4, 0.5) is 0 Å². The summed E-state index contributed by atoms with van der Waals surface area (Å²) >= 11 is 0. The second-order valence-electron chi connectivity index (χ2n) is 6.36. The van der Waals surface area contributed by atoms with Gasteiger partial charge in [-0.25, -0.2) is 0 Å². The molecule has 0 radical (unpaired) electrons. The molecule has 2 aliphatic rings. The van der Waals surface area contributed by atoms with E-state index in [1.165, 1.54) is 28.0 Å². The summed E-state index contributed by atoms with van der Waals surface area (Å²) in [5, 5.41) is 3.47. The molecule has 1 aromatic rings. The first kappa shape index (κ1) is 20.0. The summed E-state index contributed by atoms with van der Waals surface area (Å²) in [5.74, 6) is 0.468. The van der Waals surface area contributed by atoms with Gasteiger partial charge < -0.3 is 5.32 Å². The zero-order chi connectivity index (χ0) is 18.8. The maximum atomic E-state index is 3.47. The van der Waals surface area contributed by atoms with Crippen LogP contribution in [0.5, 0.6) is 0 Å². The number of benzene rings is 1. The van der Waals surface area contributed by atoms with E-state index in [-0.39, 0.29) is 1.43 Å². The molecule has 0 saturated carbocycles. The van der Waals surface area contributed by atoms with E-state index in [9.17, 15) is 0 Å². The Bertz CT molecular complexity index is 734. The molecule has 3 rings (SSSR count). The van der Waals surface area contributed by atoms with Crippen molar-refractivity contribution in [2.75, 3.05) is 6.54 Å². The maximum absolute atomic E-state index is 3.47. The highest BCUT2D eigenvalue weighted by Crippen LogP contribution is 2.45. The molecule has 1 unspecified atom stereocenters. The minimum absolute atomic E-state index is 0. The molecule has 1 N–H and O–H groups in total. The number of nitrogens with one attached hydrogen (secondary N) is 1. The Labute approximate surface area is 161 Å². The molecule has 0 bridgehead atoms. The first-order valence-corrected chi connectivity index (χ1v) is 10.1. The van der Waals surface area contributed by atoms with Crippen LogP contribution in [0.25, 0.3) is 5.57 Å². The van der Waals surface area contributed by atoms with Crippen molar-refractivity contribution in [2.24, 2.45) is 0 Å². The Morgan fingerprint density at radius 1 is 1.19 bits per heavy atom. The van der Waals surface area contributed by atoms with E-state index in [2.05, 4.69) is 86.0 Å². The fourth-order valence-electron chi connectivity index (χ4n) is 3.52. The molecule has 1 aromatic carbocycles. The second-order valence-corrected chi connectivity index (χ2v) is 6.36. The highest BCUT2D eigenvalue weighted by atomic mass is 14.9. The first-order valence-electron chi connectivity index (χ1n) is 10.1. The van der Waals surface area contributed by atoms with Gasteiger partial charge in [0.05, 0.1) is 0 Å². The van der Waals surface area contributed by atoms with E-state index in [0.717, 1.165) is 25.8 Å². The van der Waals surface area contributed by atoms with Crippen LogP contribution in [0.1, 0.15) is 65.4 Å². The molecule has 140 valence electrons. The molecule has 1 nitrogen and oxygen atoms in total. The van der Waals surface area contributed by atoms with Gasteiger partial charge in [-0.2, -0.15) is 0 Å². The number of rotatable bonds is 6. The summed E-state index contributed by atoms with van der Waals surface area (Å²) in [6.07, 6.45) is 19.1. The molecule has 0 aliphatic heterocycles. The van der Waals surface area contributed by atoms with Gasteiger partial charge in [0, 0.05) is 19.6 Å². The molecule has 1 heteroatoms. The lowest BCUT2D eigenvalue weighted by Crippen LogP contribution is -2.12. The van der Waals surface area contributed by atoms with Crippen LogP contribution in [0.3, 0.4) is 0 Å². The van der Waals surface area contributed by atoms with Crippen LogP contribution in [-0.2, 0) is 0 Å². The van der Waals surface area contributed by atoms with Crippen LogP contribution in [-0.4, -0.2) is 6.54 Å². The molecule has 0 spiro atoms. The van der Waals surface area contributed by atoms with E-state index in [0.29, 0.717) is 5.92 Å². The van der Waals surface area contributed by atoms with Gasteiger partial charge in [-0.05, 0) is 54.5 Å². The zero-order valence-corrected chi connectivity index (χ0v) is 16.8. The summed E-state index contributed by atoms with van der Waals surface area (Å²) in [6.45, 7) is 9.31. The van der Waals surface area contributed by atoms with Gasteiger partial charge in [0.1, 0.15) is 0 Å². The molecular formula is C25H35N. The van der Waals surface area contributed by atoms with Crippen molar-refractivity contribution in [3.8, 4) is 0 Å². The van der Waals surface area contributed by atoms with Gasteiger partial charge in [0.25, 0.3) is 0 Å². The van der Waals surface area contributed by atoms with Gasteiger partial charge in [-0.3, -0.25) is 0 Å². The van der Waals surface area contributed by atoms with Crippen LogP contribution in [0, 0.1) is 0 Å². The highest BCUT2D eigenvalue weighted by molar-refractivity contribution is 5.86. The van der Waals surface area contributed by atoms with E-state index < -0.39 is 0 Å². The minimum atomic E-state index is 0. The molecule has 0 amide bonds. The lowest BCUT2D eigenvalue weighted by molar-refractivity contribution is 0.780. The Morgan fingerprint density at radius 2 is 1.96 bits per heavy atom. The van der Waals surface area contributed by atoms with Crippen molar-refractivity contribution in [1.29, 1.82) is 0 Å². The van der Waals surface area contributed by atoms with Gasteiger partial charge in [-0.15, -0.1) is 0 Å². The van der Waals surface area contributed by atoms with Crippen LogP contribution >= 0.6 is 0 Å². The molecule has 0 aromatic heterocycles. The Kier molecular flexibility index (Phi) is 8.21. The van der Waals surface area contributed by atoms with Gasteiger partial charge >= 0.3 is 0 Å². The number of hydrogen-bond acceptors (Lipinski definition) is 1. The number of fused-ring (bicyclic) bond motifs is 2. The Hall–Kier alpha value is -2.28. The van der Waals surface area contributed by atoms with E-state index in [1.807, 2.05) is 13.8 Å². The van der Waals surface area contributed by atoms with Crippen molar-refractivity contribution in [1.82, 2.24) is 5.32 Å². The number of hydrogen-bond donors (Lipinski definition) is 1. The fraction of sp³-hybridized carbons (Fsp3) is 0.360. The van der Waals surface area contributed by atoms with Crippen LogP contribution < -0.4 is 5.32 Å². The summed E-state index contributed by atoms with van der Waals surface area (Å²) < 4.78 is 0. The summed E-state index contributed by atoms with van der Waals surface area (Å²) in [5.41, 5.74) is 6.97. The molecule has 0 saturated heterocycles. The van der Waals surface area contributed by atoms with Crippen molar-refractivity contribution in [3.05, 3.63) is 89.2 Å². The first-order chi connectivity index (χ1) is 12.8. The van der Waals surface area contributed by atoms with Crippen molar-refractivity contribution < 1.29 is 1.43 Å². The molecule has 0 fully saturated rings. The summed E-state index contributed by atoms with van der Waals surface area (Å²) in [6, 6.07) is 8.86. The predicted octanol–water partition coefficient (Wildman–Crippen LogP) is 7.18.